The molecule has 1 aromatic carbocycles. The largest absolute Gasteiger partial charge is 0.476 e. The van der Waals surface area contributed by atoms with Crippen molar-refractivity contribution < 1.29 is 38.1 Å². The molecular formula is C30H43N3O8. The molecule has 0 aromatic heterocycles. The predicted octanol–water partition coefficient (Wildman–Crippen LogP) is 3.77. The Morgan fingerprint density at radius 3 is 2.41 bits per heavy atom. The van der Waals surface area contributed by atoms with Crippen molar-refractivity contribution in [1.82, 2.24) is 4.90 Å². The number of carbonyl (C=O) groups is 4. The molecule has 4 rings (SSSR count). The lowest BCUT2D eigenvalue weighted by Crippen LogP contribution is -2.53. The number of ether oxygens (including phenoxy) is 4. The topological polar surface area (TPSA) is 115 Å². The van der Waals surface area contributed by atoms with E-state index in [0.717, 1.165) is 12.8 Å². The summed E-state index contributed by atoms with van der Waals surface area (Å²) in [5.41, 5.74) is -0.544. The van der Waals surface area contributed by atoms with Crippen molar-refractivity contribution in [2.24, 2.45) is 11.8 Å². The van der Waals surface area contributed by atoms with Crippen LogP contribution in [-0.4, -0.2) is 86.0 Å². The van der Waals surface area contributed by atoms with Crippen LogP contribution in [0, 0.1) is 11.8 Å². The van der Waals surface area contributed by atoms with E-state index in [-0.39, 0.29) is 37.4 Å². The van der Waals surface area contributed by atoms with Gasteiger partial charge in [-0.15, -0.1) is 0 Å². The van der Waals surface area contributed by atoms with Crippen LogP contribution >= 0.6 is 0 Å². The van der Waals surface area contributed by atoms with Crippen molar-refractivity contribution in [2.75, 3.05) is 49.8 Å². The van der Waals surface area contributed by atoms with E-state index in [1.165, 1.54) is 12.0 Å². The maximum atomic E-state index is 14.2. The second-order valence-electron chi connectivity index (χ2n) is 12.4. The summed E-state index contributed by atoms with van der Waals surface area (Å²) >= 11 is 0. The summed E-state index contributed by atoms with van der Waals surface area (Å²) in [5, 5.41) is 0. The highest BCUT2D eigenvalue weighted by Crippen LogP contribution is 2.43. The molecule has 226 valence electrons. The number of esters is 1. The molecule has 0 spiro atoms. The molecule has 1 saturated carbocycles. The number of amides is 3. The summed E-state index contributed by atoms with van der Waals surface area (Å²) in [7, 11) is 1.30. The van der Waals surface area contributed by atoms with Crippen LogP contribution in [0.25, 0.3) is 0 Å². The standard InChI is InChI=1S/C30H43N3O8/c1-8-39-14-13-32-23-16-22(11-12-24(23)40-30(5,6)27(32)36)33(21-9-10-21)25(34)19-15-20(26(35)38-7)18-31(17-19)28(37)41-29(2,3)4/h11-12,16,19-21H,8-10,13-15,17-18H2,1-7H3/t19-,20+/m1/s1. The number of rotatable bonds is 8. The van der Waals surface area contributed by atoms with E-state index in [1.54, 1.807) is 50.5 Å². The fourth-order valence-electron chi connectivity index (χ4n) is 5.37. The van der Waals surface area contributed by atoms with Crippen LogP contribution < -0.4 is 14.5 Å². The number of fused-ring (bicyclic) bond motifs is 1. The van der Waals surface area contributed by atoms with Gasteiger partial charge in [-0.05, 0) is 79.0 Å². The average Bonchev–Trinajstić information content (AvgIpc) is 3.74. The van der Waals surface area contributed by atoms with Crippen LogP contribution in [0.15, 0.2) is 18.2 Å². The summed E-state index contributed by atoms with van der Waals surface area (Å²) in [6, 6.07) is 5.42. The van der Waals surface area contributed by atoms with Crippen molar-refractivity contribution in [3.05, 3.63) is 18.2 Å². The summed E-state index contributed by atoms with van der Waals surface area (Å²) < 4.78 is 22.1. The van der Waals surface area contributed by atoms with Gasteiger partial charge >= 0.3 is 12.1 Å². The van der Waals surface area contributed by atoms with E-state index < -0.39 is 35.1 Å². The highest BCUT2D eigenvalue weighted by Gasteiger charge is 2.45. The van der Waals surface area contributed by atoms with Gasteiger partial charge in [-0.2, -0.15) is 0 Å². The first kappa shape index (κ1) is 30.6. The van der Waals surface area contributed by atoms with Gasteiger partial charge in [0.05, 0.1) is 31.2 Å². The van der Waals surface area contributed by atoms with Crippen molar-refractivity contribution in [3.8, 4) is 5.75 Å². The Labute approximate surface area is 242 Å². The molecule has 2 aliphatic heterocycles. The zero-order valence-electron chi connectivity index (χ0n) is 25.2. The summed E-state index contributed by atoms with van der Waals surface area (Å²) in [5.74, 6) is -1.57. The molecule has 1 saturated heterocycles. The van der Waals surface area contributed by atoms with Crippen LogP contribution in [0.3, 0.4) is 0 Å². The van der Waals surface area contributed by atoms with Gasteiger partial charge in [0.2, 0.25) is 5.91 Å². The van der Waals surface area contributed by atoms with Crippen LogP contribution in [0.1, 0.15) is 60.8 Å². The SMILES string of the molecule is CCOCCN1C(=O)C(C)(C)Oc2ccc(N(C(=O)[C@@H]3C[C@H](C(=O)OC)CN(C(=O)OC(C)(C)C)C3)C3CC3)cc21. The van der Waals surface area contributed by atoms with Crippen molar-refractivity contribution in [2.45, 2.75) is 78.0 Å². The highest BCUT2D eigenvalue weighted by molar-refractivity contribution is 6.04. The number of methoxy groups -OCH3 is 1. The minimum absolute atomic E-state index is 0.0115. The number of hydrogen-bond acceptors (Lipinski definition) is 8. The molecule has 2 atom stereocenters. The number of carbonyl (C=O) groups excluding carboxylic acids is 4. The average molecular weight is 574 g/mol. The van der Waals surface area contributed by atoms with E-state index in [0.29, 0.717) is 36.9 Å². The molecule has 3 aliphatic rings. The first-order valence-corrected chi connectivity index (χ1v) is 14.4. The third-order valence-electron chi connectivity index (χ3n) is 7.44. The smallest absolute Gasteiger partial charge is 0.410 e. The lowest BCUT2D eigenvalue weighted by atomic mass is 9.88. The number of likely N-dealkylation sites (tertiary alicyclic amines) is 1. The maximum Gasteiger partial charge on any atom is 0.410 e. The number of nitrogens with zero attached hydrogens (tertiary/aromatic N) is 3. The van der Waals surface area contributed by atoms with Gasteiger partial charge < -0.3 is 33.6 Å². The predicted molar refractivity (Wildman–Crippen MR) is 152 cm³/mol. The Kier molecular flexibility index (Phi) is 8.87. The Morgan fingerprint density at radius 1 is 1.12 bits per heavy atom. The van der Waals surface area contributed by atoms with Gasteiger partial charge in [0.1, 0.15) is 11.4 Å². The zero-order chi connectivity index (χ0) is 30.1. The Morgan fingerprint density at radius 2 is 1.80 bits per heavy atom. The molecule has 0 bridgehead atoms. The second-order valence-corrected chi connectivity index (χ2v) is 12.4. The van der Waals surface area contributed by atoms with Crippen molar-refractivity contribution in [1.29, 1.82) is 0 Å². The van der Waals surface area contributed by atoms with Gasteiger partial charge in [0.15, 0.2) is 5.60 Å². The van der Waals surface area contributed by atoms with Gasteiger partial charge in [-0.3, -0.25) is 14.4 Å². The van der Waals surface area contributed by atoms with E-state index in [9.17, 15) is 19.2 Å². The van der Waals surface area contributed by atoms with Crippen LogP contribution in [0.4, 0.5) is 16.2 Å². The van der Waals surface area contributed by atoms with Crippen LogP contribution in [0.2, 0.25) is 0 Å². The summed E-state index contributed by atoms with van der Waals surface area (Å²) in [6.07, 6.45) is 1.36. The van der Waals surface area contributed by atoms with E-state index in [4.69, 9.17) is 18.9 Å². The number of hydrogen-bond donors (Lipinski definition) is 0. The van der Waals surface area contributed by atoms with Gasteiger partial charge in [-0.1, -0.05) is 0 Å². The number of anilines is 2. The summed E-state index contributed by atoms with van der Waals surface area (Å²) in [6.45, 7) is 12.2. The third kappa shape index (κ3) is 6.94. The molecule has 0 radical (unpaired) electrons. The highest BCUT2D eigenvalue weighted by atomic mass is 16.6. The number of benzene rings is 1. The molecule has 11 heteroatoms. The maximum absolute atomic E-state index is 14.2. The fraction of sp³-hybridized carbons (Fsp3) is 0.667. The lowest BCUT2D eigenvalue weighted by Gasteiger charge is -2.40. The monoisotopic (exact) mass is 573 g/mol. The van der Waals surface area contributed by atoms with E-state index in [1.807, 2.05) is 19.1 Å². The van der Waals surface area contributed by atoms with Crippen molar-refractivity contribution in [3.63, 3.8) is 0 Å². The first-order chi connectivity index (χ1) is 19.3. The Hall–Kier alpha value is -3.34. The molecule has 2 heterocycles. The van der Waals surface area contributed by atoms with Gasteiger partial charge in [-0.25, -0.2) is 4.79 Å². The number of piperidine rings is 1. The molecule has 41 heavy (non-hydrogen) atoms. The zero-order valence-corrected chi connectivity index (χ0v) is 25.2. The minimum atomic E-state index is -1.04. The van der Waals surface area contributed by atoms with Crippen LogP contribution in [-0.2, 0) is 28.6 Å². The molecule has 11 nitrogen and oxygen atoms in total. The molecular weight excluding hydrogens is 530 g/mol. The normalized spacial score (nSPS) is 22.0. The van der Waals surface area contributed by atoms with Gasteiger partial charge in [0.25, 0.3) is 5.91 Å². The fourth-order valence-corrected chi connectivity index (χ4v) is 5.37. The molecule has 1 aromatic rings. The molecule has 0 unspecified atom stereocenters. The van der Waals surface area contributed by atoms with Crippen molar-refractivity contribution >= 4 is 35.3 Å². The molecule has 2 fully saturated rings. The van der Waals surface area contributed by atoms with Gasteiger partial charge in [0, 0.05) is 38.0 Å². The molecule has 3 amide bonds. The van der Waals surface area contributed by atoms with E-state index in [2.05, 4.69) is 0 Å². The van der Waals surface area contributed by atoms with E-state index >= 15 is 0 Å². The second kappa shape index (κ2) is 11.9. The minimum Gasteiger partial charge on any atom is -0.476 e. The van der Waals surface area contributed by atoms with Crippen LogP contribution in [0.5, 0.6) is 5.75 Å². The quantitative estimate of drug-likeness (QED) is 0.341. The third-order valence-corrected chi connectivity index (χ3v) is 7.44. The Bertz CT molecular complexity index is 1170. The summed E-state index contributed by atoms with van der Waals surface area (Å²) in [4.78, 5) is 57.9. The molecule has 0 N–H and O–H groups in total. The molecule has 1 aliphatic carbocycles. The first-order valence-electron chi connectivity index (χ1n) is 14.4. The lowest BCUT2D eigenvalue weighted by molar-refractivity contribution is -0.148. The Balaban J connectivity index is 1.64.